The van der Waals surface area contributed by atoms with Crippen molar-refractivity contribution < 1.29 is 19.4 Å². The number of hydrogen-bond acceptors (Lipinski definition) is 3. The summed E-state index contributed by atoms with van der Waals surface area (Å²) in [5, 5.41) is 8.94. The second-order valence-corrected chi connectivity index (χ2v) is 4.94. The van der Waals surface area contributed by atoms with E-state index in [1.165, 1.54) is 17.6 Å². The van der Waals surface area contributed by atoms with E-state index in [0.29, 0.717) is 13.2 Å². The molecule has 1 aromatic carbocycles. The second kappa shape index (κ2) is 6.52. The van der Waals surface area contributed by atoms with E-state index in [2.05, 4.69) is 0 Å². The Morgan fingerprint density at radius 3 is 2.85 bits per heavy atom. The fourth-order valence-corrected chi connectivity index (χ4v) is 2.67. The van der Waals surface area contributed by atoms with Gasteiger partial charge in [-0.1, -0.05) is 24.3 Å². The Kier molecular flexibility index (Phi) is 4.74. The van der Waals surface area contributed by atoms with Crippen molar-refractivity contribution in [2.24, 2.45) is 0 Å². The summed E-state index contributed by atoms with van der Waals surface area (Å²) < 4.78 is 4.95. The minimum Gasteiger partial charge on any atom is -0.480 e. The molecule has 5 heteroatoms. The van der Waals surface area contributed by atoms with Gasteiger partial charge in [-0.15, -0.1) is 0 Å². The molecule has 1 aromatic rings. The highest BCUT2D eigenvalue weighted by Crippen LogP contribution is 2.34. The van der Waals surface area contributed by atoms with E-state index in [1.54, 1.807) is 0 Å². The van der Waals surface area contributed by atoms with Crippen LogP contribution in [0.2, 0.25) is 0 Å². The number of benzene rings is 1. The third-order valence-electron chi connectivity index (χ3n) is 3.63. The normalized spacial score (nSPS) is 16.8. The van der Waals surface area contributed by atoms with Gasteiger partial charge in [0.15, 0.2) is 0 Å². The van der Waals surface area contributed by atoms with Crippen LogP contribution in [0.5, 0.6) is 0 Å². The average molecular weight is 277 g/mol. The van der Waals surface area contributed by atoms with E-state index < -0.39 is 5.97 Å². The molecule has 5 nitrogen and oxygen atoms in total. The van der Waals surface area contributed by atoms with Crippen LogP contribution in [0.1, 0.15) is 23.5 Å². The quantitative estimate of drug-likeness (QED) is 0.850. The molecule has 1 aliphatic carbocycles. The lowest BCUT2D eigenvalue weighted by Gasteiger charge is -2.24. The third-order valence-corrected chi connectivity index (χ3v) is 3.63. The van der Waals surface area contributed by atoms with Gasteiger partial charge in [-0.05, 0) is 24.0 Å². The first-order chi connectivity index (χ1) is 9.63. The Labute approximate surface area is 118 Å². The monoisotopic (exact) mass is 277 g/mol. The van der Waals surface area contributed by atoms with Gasteiger partial charge in [-0.25, -0.2) is 0 Å². The summed E-state index contributed by atoms with van der Waals surface area (Å²) in [6, 6.07) is 7.87. The summed E-state index contributed by atoms with van der Waals surface area (Å²) in [7, 11) is 1.54. The smallest absolute Gasteiger partial charge is 0.323 e. The molecule has 0 saturated carbocycles. The molecule has 0 aliphatic heterocycles. The highest BCUT2D eigenvalue weighted by molar-refractivity contribution is 5.87. The number of aliphatic carboxylic acids is 1. The molecule has 1 N–H and O–H groups in total. The van der Waals surface area contributed by atoms with Crippen molar-refractivity contribution in [1.29, 1.82) is 0 Å². The van der Waals surface area contributed by atoms with Gasteiger partial charge >= 0.3 is 5.97 Å². The predicted octanol–water partition coefficient (Wildman–Crippen LogP) is 1.28. The highest BCUT2D eigenvalue weighted by atomic mass is 16.5. The first kappa shape index (κ1) is 14.5. The van der Waals surface area contributed by atoms with E-state index in [1.807, 2.05) is 24.3 Å². The summed E-state index contributed by atoms with van der Waals surface area (Å²) in [4.78, 5) is 24.8. The summed E-state index contributed by atoms with van der Waals surface area (Å²) in [5.74, 6) is -1.34. The lowest BCUT2D eigenvalue weighted by molar-refractivity contribution is -0.145. The number of amides is 1. The summed E-state index contributed by atoms with van der Waals surface area (Å²) in [5.41, 5.74) is 2.22. The number of methoxy groups -OCH3 is 1. The predicted molar refractivity (Wildman–Crippen MR) is 73.6 cm³/mol. The van der Waals surface area contributed by atoms with Gasteiger partial charge in [0.1, 0.15) is 6.54 Å². The van der Waals surface area contributed by atoms with E-state index in [0.717, 1.165) is 18.4 Å². The van der Waals surface area contributed by atoms with E-state index >= 15 is 0 Å². The first-order valence-electron chi connectivity index (χ1n) is 6.70. The Morgan fingerprint density at radius 2 is 2.15 bits per heavy atom. The second-order valence-electron chi connectivity index (χ2n) is 4.94. The maximum absolute atomic E-state index is 12.6. The zero-order valence-corrected chi connectivity index (χ0v) is 11.5. The zero-order chi connectivity index (χ0) is 14.5. The number of rotatable bonds is 6. The SMILES string of the molecule is COCCN(CC(=O)O)C(=O)C1CCc2ccccc21. The van der Waals surface area contributed by atoms with Gasteiger partial charge < -0.3 is 14.7 Å². The van der Waals surface area contributed by atoms with E-state index in [-0.39, 0.29) is 18.4 Å². The van der Waals surface area contributed by atoms with Gasteiger partial charge in [-0.3, -0.25) is 9.59 Å². The van der Waals surface area contributed by atoms with Crippen LogP contribution in [-0.4, -0.2) is 48.7 Å². The fourth-order valence-electron chi connectivity index (χ4n) is 2.67. The van der Waals surface area contributed by atoms with Crippen LogP contribution in [0.3, 0.4) is 0 Å². The lowest BCUT2D eigenvalue weighted by Crippen LogP contribution is -2.40. The van der Waals surface area contributed by atoms with Gasteiger partial charge in [-0.2, -0.15) is 0 Å². The maximum atomic E-state index is 12.6. The molecule has 0 radical (unpaired) electrons. The van der Waals surface area contributed by atoms with Gasteiger partial charge in [0.05, 0.1) is 12.5 Å². The Bertz CT molecular complexity index is 500. The van der Waals surface area contributed by atoms with Gasteiger partial charge in [0.25, 0.3) is 0 Å². The van der Waals surface area contributed by atoms with Crippen LogP contribution in [0, 0.1) is 0 Å². The molecule has 0 heterocycles. The van der Waals surface area contributed by atoms with Crippen molar-refractivity contribution in [2.75, 3.05) is 26.8 Å². The maximum Gasteiger partial charge on any atom is 0.323 e. The molecule has 1 unspecified atom stereocenters. The minimum absolute atomic E-state index is 0.116. The number of hydrogen-bond donors (Lipinski definition) is 1. The summed E-state index contributed by atoms with van der Waals surface area (Å²) >= 11 is 0. The number of carboxylic acids is 1. The van der Waals surface area contributed by atoms with E-state index in [4.69, 9.17) is 9.84 Å². The molecule has 1 atom stereocenters. The molecule has 1 amide bonds. The molecule has 0 fully saturated rings. The number of aryl methyl sites for hydroxylation is 1. The Balaban J connectivity index is 2.13. The van der Waals surface area contributed by atoms with Crippen LogP contribution in [-0.2, 0) is 20.7 Å². The van der Waals surface area contributed by atoms with Crippen molar-refractivity contribution in [2.45, 2.75) is 18.8 Å². The molecule has 0 bridgehead atoms. The Morgan fingerprint density at radius 1 is 1.40 bits per heavy atom. The number of carboxylic acid groups (broad SMARTS) is 1. The van der Waals surface area contributed by atoms with Crippen molar-refractivity contribution in [3.8, 4) is 0 Å². The molecule has 108 valence electrons. The number of fused-ring (bicyclic) bond motifs is 1. The number of nitrogens with zero attached hydrogens (tertiary/aromatic N) is 1. The molecule has 20 heavy (non-hydrogen) atoms. The average Bonchev–Trinajstić information content (AvgIpc) is 2.86. The van der Waals surface area contributed by atoms with Crippen molar-refractivity contribution in [3.63, 3.8) is 0 Å². The van der Waals surface area contributed by atoms with Crippen molar-refractivity contribution >= 4 is 11.9 Å². The molecule has 0 saturated heterocycles. The highest BCUT2D eigenvalue weighted by Gasteiger charge is 2.32. The summed E-state index contributed by atoms with van der Waals surface area (Å²) in [6.07, 6.45) is 1.62. The Hall–Kier alpha value is -1.88. The zero-order valence-electron chi connectivity index (χ0n) is 11.5. The standard InChI is InChI=1S/C15H19NO4/c1-20-9-8-16(10-14(17)18)15(19)13-7-6-11-4-2-3-5-12(11)13/h2-5,13H,6-10H2,1H3,(H,17,18). The topological polar surface area (TPSA) is 66.8 Å². The summed E-state index contributed by atoms with van der Waals surface area (Å²) in [6.45, 7) is 0.370. The van der Waals surface area contributed by atoms with Crippen molar-refractivity contribution in [3.05, 3.63) is 35.4 Å². The van der Waals surface area contributed by atoms with Crippen LogP contribution < -0.4 is 0 Å². The molecule has 0 aromatic heterocycles. The number of carbonyl (C=O) groups is 2. The van der Waals surface area contributed by atoms with Crippen LogP contribution in [0.4, 0.5) is 0 Å². The van der Waals surface area contributed by atoms with Gasteiger partial charge in [0.2, 0.25) is 5.91 Å². The number of ether oxygens (including phenoxy) is 1. The lowest BCUT2D eigenvalue weighted by atomic mass is 10.00. The minimum atomic E-state index is -0.999. The van der Waals surface area contributed by atoms with E-state index in [9.17, 15) is 9.59 Å². The largest absolute Gasteiger partial charge is 0.480 e. The molecule has 1 aliphatic rings. The third kappa shape index (κ3) is 3.17. The molecular formula is C15H19NO4. The fraction of sp³-hybridized carbons (Fsp3) is 0.467. The molecular weight excluding hydrogens is 258 g/mol. The van der Waals surface area contributed by atoms with Crippen LogP contribution >= 0.6 is 0 Å². The van der Waals surface area contributed by atoms with Gasteiger partial charge in [0, 0.05) is 13.7 Å². The number of carbonyl (C=O) groups excluding carboxylic acids is 1. The van der Waals surface area contributed by atoms with Crippen LogP contribution in [0.15, 0.2) is 24.3 Å². The van der Waals surface area contributed by atoms with Crippen LogP contribution in [0.25, 0.3) is 0 Å². The molecule has 2 rings (SSSR count). The van der Waals surface area contributed by atoms with Crippen molar-refractivity contribution in [1.82, 2.24) is 4.90 Å². The first-order valence-corrected chi connectivity index (χ1v) is 6.70. The molecule has 0 spiro atoms.